The molecule has 2 heterocycles. The van der Waals surface area contributed by atoms with Gasteiger partial charge < -0.3 is 19.2 Å². The Kier molecular flexibility index (Phi) is 6.78. The molecule has 9 nitrogen and oxygen atoms in total. The molecule has 9 heteroatoms. The molecule has 0 aliphatic carbocycles. The third kappa shape index (κ3) is 5.71. The van der Waals surface area contributed by atoms with Crippen molar-refractivity contribution in [1.82, 2.24) is 4.90 Å². The van der Waals surface area contributed by atoms with E-state index in [4.69, 9.17) is 13.9 Å². The molecule has 3 aromatic rings. The lowest BCUT2D eigenvalue weighted by molar-refractivity contribution is -0.384. The topological polar surface area (TPSA) is 107 Å². The molecule has 0 bridgehead atoms. The van der Waals surface area contributed by atoms with Crippen LogP contribution >= 0.6 is 0 Å². The molecule has 1 aliphatic rings. The Bertz CT molecular complexity index is 1070. The minimum absolute atomic E-state index is 0.0108. The van der Waals surface area contributed by atoms with Crippen molar-refractivity contribution < 1.29 is 23.6 Å². The number of non-ortho nitro benzene ring substituents is 1. The van der Waals surface area contributed by atoms with E-state index in [1.807, 2.05) is 24.3 Å². The number of ether oxygens (including phenoxy) is 2. The molecule has 1 fully saturated rings. The summed E-state index contributed by atoms with van der Waals surface area (Å²) in [6.45, 7) is 4.18. The van der Waals surface area contributed by atoms with E-state index in [2.05, 4.69) is 10.2 Å². The van der Waals surface area contributed by atoms with Gasteiger partial charge in [0.2, 0.25) is 0 Å². The molecule has 1 saturated heterocycles. The first-order valence-corrected chi connectivity index (χ1v) is 10.2. The average molecular weight is 437 g/mol. The molecule has 2 aromatic carbocycles. The van der Waals surface area contributed by atoms with Gasteiger partial charge in [0.1, 0.15) is 18.1 Å². The molecule has 166 valence electrons. The lowest BCUT2D eigenvalue weighted by Gasteiger charge is -2.26. The summed E-state index contributed by atoms with van der Waals surface area (Å²) < 4.78 is 16.5. The van der Waals surface area contributed by atoms with Crippen molar-refractivity contribution in [2.45, 2.75) is 13.2 Å². The predicted molar refractivity (Wildman–Crippen MR) is 117 cm³/mol. The van der Waals surface area contributed by atoms with Gasteiger partial charge in [-0.05, 0) is 42.0 Å². The van der Waals surface area contributed by atoms with Gasteiger partial charge in [0, 0.05) is 37.5 Å². The van der Waals surface area contributed by atoms with Crippen molar-refractivity contribution in [3.63, 3.8) is 0 Å². The fourth-order valence-electron chi connectivity index (χ4n) is 3.35. The number of nitro groups is 1. The first-order chi connectivity index (χ1) is 15.6. The van der Waals surface area contributed by atoms with Crippen molar-refractivity contribution in [2.75, 3.05) is 31.6 Å². The normalized spacial score (nSPS) is 14.1. The van der Waals surface area contributed by atoms with Crippen molar-refractivity contribution in [2.24, 2.45) is 0 Å². The van der Waals surface area contributed by atoms with Crippen molar-refractivity contribution in [1.29, 1.82) is 0 Å². The second kappa shape index (κ2) is 10.1. The van der Waals surface area contributed by atoms with Gasteiger partial charge in [-0.2, -0.15) is 0 Å². The third-order valence-corrected chi connectivity index (χ3v) is 5.01. The van der Waals surface area contributed by atoms with Gasteiger partial charge in [-0.1, -0.05) is 12.1 Å². The quantitative estimate of drug-likeness (QED) is 0.421. The summed E-state index contributed by atoms with van der Waals surface area (Å²) in [5.41, 5.74) is 1.80. The molecule has 1 N–H and O–H groups in total. The van der Waals surface area contributed by atoms with E-state index in [9.17, 15) is 14.9 Å². The summed E-state index contributed by atoms with van der Waals surface area (Å²) in [5.74, 6) is 0.755. The minimum atomic E-state index is -0.473. The molecule has 0 radical (unpaired) electrons. The summed E-state index contributed by atoms with van der Waals surface area (Å²) >= 11 is 0. The SMILES string of the molecule is O=C(Nc1cccc(CN2CCOCC2)c1)c1ccc(COc2ccc([N+](=O)[O-])cc2)o1. The van der Waals surface area contributed by atoms with Gasteiger partial charge in [0.15, 0.2) is 5.76 Å². The van der Waals surface area contributed by atoms with Gasteiger partial charge in [0.25, 0.3) is 11.6 Å². The molecule has 32 heavy (non-hydrogen) atoms. The summed E-state index contributed by atoms with van der Waals surface area (Å²) in [7, 11) is 0. The summed E-state index contributed by atoms with van der Waals surface area (Å²) in [6.07, 6.45) is 0. The number of nitro benzene ring substituents is 1. The number of hydrogen-bond donors (Lipinski definition) is 1. The number of carbonyl (C=O) groups excluding carboxylic acids is 1. The van der Waals surface area contributed by atoms with E-state index in [0.29, 0.717) is 17.2 Å². The third-order valence-electron chi connectivity index (χ3n) is 5.01. The second-order valence-electron chi connectivity index (χ2n) is 7.35. The van der Waals surface area contributed by atoms with Crippen molar-refractivity contribution in [3.8, 4) is 5.75 Å². The molecule has 0 saturated carbocycles. The van der Waals surface area contributed by atoms with Crippen LogP contribution in [0.4, 0.5) is 11.4 Å². The Morgan fingerprint density at radius 3 is 2.62 bits per heavy atom. The van der Waals surface area contributed by atoms with Crippen LogP contribution in [0.25, 0.3) is 0 Å². The van der Waals surface area contributed by atoms with Gasteiger partial charge in [-0.15, -0.1) is 0 Å². The second-order valence-corrected chi connectivity index (χ2v) is 7.35. The number of nitrogens with zero attached hydrogens (tertiary/aromatic N) is 2. The Morgan fingerprint density at radius 1 is 1.09 bits per heavy atom. The van der Waals surface area contributed by atoms with Crippen LogP contribution in [0.2, 0.25) is 0 Å². The average Bonchev–Trinajstić information content (AvgIpc) is 3.28. The fraction of sp³-hybridized carbons (Fsp3) is 0.261. The van der Waals surface area contributed by atoms with Crippen LogP contribution in [0.5, 0.6) is 5.75 Å². The smallest absolute Gasteiger partial charge is 0.291 e. The zero-order chi connectivity index (χ0) is 22.3. The van der Waals surface area contributed by atoms with E-state index in [0.717, 1.165) is 38.4 Å². The van der Waals surface area contributed by atoms with Gasteiger partial charge >= 0.3 is 0 Å². The van der Waals surface area contributed by atoms with Gasteiger partial charge in [-0.25, -0.2) is 0 Å². The highest BCUT2D eigenvalue weighted by Gasteiger charge is 2.14. The Hall–Kier alpha value is -3.69. The van der Waals surface area contributed by atoms with Gasteiger partial charge in [0.05, 0.1) is 18.1 Å². The number of carbonyl (C=O) groups is 1. The highest BCUT2D eigenvalue weighted by atomic mass is 16.6. The van der Waals surface area contributed by atoms with Crippen LogP contribution in [-0.2, 0) is 17.9 Å². The molecular formula is C23H23N3O6. The van der Waals surface area contributed by atoms with Crippen LogP contribution in [0.3, 0.4) is 0 Å². The molecule has 0 atom stereocenters. The number of hydrogen-bond acceptors (Lipinski definition) is 7. The molecular weight excluding hydrogens is 414 g/mol. The molecule has 1 amide bonds. The zero-order valence-corrected chi connectivity index (χ0v) is 17.4. The molecule has 1 aromatic heterocycles. The molecule has 0 unspecified atom stereocenters. The standard InChI is InChI=1S/C23H23N3O6/c27-23(24-18-3-1-2-17(14-18)15-25-10-12-30-13-11-25)22-9-8-21(32-22)16-31-20-6-4-19(5-7-20)26(28)29/h1-9,14H,10-13,15-16H2,(H,24,27). The van der Waals surface area contributed by atoms with Crippen LogP contribution in [0.15, 0.2) is 65.1 Å². The monoisotopic (exact) mass is 437 g/mol. The fourth-order valence-corrected chi connectivity index (χ4v) is 3.35. The van der Waals surface area contributed by atoms with E-state index < -0.39 is 4.92 Å². The van der Waals surface area contributed by atoms with Crippen LogP contribution in [-0.4, -0.2) is 42.0 Å². The van der Waals surface area contributed by atoms with Crippen molar-refractivity contribution in [3.05, 3.63) is 87.9 Å². The van der Waals surface area contributed by atoms with E-state index in [1.165, 1.54) is 24.3 Å². The summed E-state index contributed by atoms with van der Waals surface area (Å²) in [6, 6.07) is 16.7. The predicted octanol–water partition coefficient (Wildman–Crippen LogP) is 3.85. The number of furan rings is 1. The highest BCUT2D eigenvalue weighted by Crippen LogP contribution is 2.20. The lowest BCUT2D eigenvalue weighted by atomic mass is 10.2. The summed E-state index contributed by atoms with van der Waals surface area (Å²) in [4.78, 5) is 25.1. The Labute approximate surface area is 184 Å². The van der Waals surface area contributed by atoms with Crippen LogP contribution in [0.1, 0.15) is 21.9 Å². The molecule has 1 aliphatic heterocycles. The Morgan fingerprint density at radius 2 is 1.88 bits per heavy atom. The first-order valence-electron chi connectivity index (χ1n) is 10.2. The number of nitrogens with one attached hydrogen (secondary N) is 1. The first kappa shape index (κ1) is 21.5. The highest BCUT2D eigenvalue weighted by molar-refractivity contribution is 6.02. The lowest BCUT2D eigenvalue weighted by Crippen LogP contribution is -2.35. The Balaban J connectivity index is 1.31. The van der Waals surface area contributed by atoms with E-state index >= 15 is 0 Å². The maximum absolute atomic E-state index is 12.6. The number of morpholine rings is 1. The van der Waals surface area contributed by atoms with E-state index in [1.54, 1.807) is 12.1 Å². The zero-order valence-electron chi connectivity index (χ0n) is 17.4. The molecule has 0 spiro atoms. The minimum Gasteiger partial charge on any atom is -0.486 e. The van der Waals surface area contributed by atoms with Gasteiger partial charge in [-0.3, -0.25) is 19.8 Å². The van der Waals surface area contributed by atoms with Crippen LogP contribution < -0.4 is 10.1 Å². The van der Waals surface area contributed by atoms with E-state index in [-0.39, 0.29) is 24.0 Å². The molecule has 4 rings (SSSR count). The summed E-state index contributed by atoms with van der Waals surface area (Å²) in [5, 5.41) is 13.6. The number of anilines is 1. The number of benzene rings is 2. The maximum atomic E-state index is 12.6. The van der Waals surface area contributed by atoms with Crippen molar-refractivity contribution >= 4 is 17.3 Å². The maximum Gasteiger partial charge on any atom is 0.291 e. The number of rotatable bonds is 8. The van der Waals surface area contributed by atoms with Crippen LogP contribution in [0, 0.1) is 10.1 Å². The number of amides is 1. The largest absolute Gasteiger partial charge is 0.486 e.